The highest BCUT2D eigenvalue weighted by molar-refractivity contribution is 7.89. The van der Waals surface area contributed by atoms with Gasteiger partial charge in [0.05, 0.1) is 29.0 Å². The first-order valence-electron chi connectivity index (χ1n) is 11.5. The van der Waals surface area contributed by atoms with Gasteiger partial charge in [-0.3, -0.25) is 9.36 Å². The van der Waals surface area contributed by atoms with Crippen molar-refractivity contribution in [1.29, 1.82) is 0 Å². The standard InChI is InChI=1S/C25H33N3O4S/c1-5-7-8-11-18-28(33(30,31)20-16-14-19(32-4)15-17-20)23(6-2)24-26-22-13-10-9-12-21(22)25(29)27(24)3/h9-10,12-17,23H,5-8,11,18H2,1-4H3. The lowest BCUT2D eigenvalue weighted by molar-refractivity contribution is 0.292. The molecule has 0 aliphatic rings. The van der Waals surface area contributed by atoms with E-state index in [1.807, 2.05) is 13.0 Å². The van der Waals surface area contributed by atoms with Crippen LogP contribution in [-0.2, 0) is 17.1 Å². The molecule has 33 heavy (non-hydrogen) atoms. The normalized spacial score (nSPS) is 12.9. The van der Waals surface area contributed by atoms with Gasteiger partial charge in [0.2, 0.25) is 10.0 Å². The number of hydrogen-bond donors (Lipinski definition) is 0. The van der Waals surface area contributed by atoms with Gasteiger partial charge in [-0.25, -0.2) is 13.4 Å². The quantitative estimate of drug-likeness (QED) is 0.380. The minimum atomic E-state index is -3.83. The molecule has 2 aromatic carbocycles. The third-order valence-corrected chi connectivity index (χ3v) is 7.87. The molecule has 0 amide bonds. The first kappa shape index (κ1) is 24.9. The van der Waals surface area contributed by atoms with E-state index in [2.05, 4.69) is 6.92 Å². The SMILES string of the molecule is CCCCCCN(C(CC)c1nc2ccccc2c(=O)n1C)S(=O)(=O)c1ccc(OC)cc1. The maximum absolute atomic E-state index is 13.8. The van der Waals surface area contributed by atoms with Gasteiger partial charge in [-0.15, -0.1) is 0 Å². The van der Waals surface area contributed by atoms with Crippen LogP contribution in [0.3, 0.4) is 0 Å². The Bertz CT molecular complexity index is 1240. The average molecular weight is 472 g/mol. The number of unbranched alkanes of at least 4 members (excludes halogenated alkanes) is 3. The van der Waals surface area contributed by atoms with Crippen LogP contribution in [-0.4, -0.2) is 35.9 Å². The third-order valence-electron chi connectivity index (χ3n) is 5.95. The Morgan fingerprint density at radius 1 is 1.03 bits per heavy atom. The summed E-state index contributed by atoms with van der Waals surface area (Å²) in [6.07, 6.45) is 4.26. The molecule has 0 aliphatic heterocycles. The molecule has 8 heteroatoms. The fraction of sp³-hybridized carbons (Fsp3) is 0.440. The van der Waals surface area contributed by atoms with Crippen molar-refractivity contribution in [3.05, 3.63) is 64.7 Å². The molecular weight excluding hydrogens is 438 g/mol. The zero-order valence-corrected chi connectivity index (χ0v) is 20.6. The average Bonchev–Trinajstić information content (AvgIpc) is 2.83. The zero-order valence-electron chi connectivity index (χ0n) is 19.8. The van der Waals surface area contributed by atoms with E-state index in [0.29, 0.717) is 35.4 Å². The molecular formula is C25H33N3O4S. The van der Waals surface area contributed by atoms with Crippen LogP contribution in [0.2, 0.25) is 0 Å². The number of methoxy groups -OCH3 is 1. The molecule has 1 heterocycles. The van der Waals surface area contributed by atoms with Gasteiger partial charge in [0.15, 0.2) is 0 Å². The van der Waals surface area contributed by atoms with Gasteiger partial charge in [-0.05, 0) is 49.2 Å². The molecule has 0 radical (unpaired) electrons. The fourth-order valence-electron chi connectivity index (χ4n) is 4.07. The minimum Gasteiger partial charge on any atom is -0.497 e. The number of ether oxygens (including phenoxy) is 1. The molecule has 0 spiro atoms. The smallest absolute Gasteiger partial charge is 0.261 e. The van der Waals surface area contributed by atoms with Crippen molar-refractivity contribution in [3.63, 3.8) is 0 Å². The Morgan fingerprint density at radius 2 is 1.73 bits per heavy atom. The van der Waals surface area contributed by atoms with Crippen molar-refractivity contribution in [3.8, 4) is 5.75 Å². The van der Waals surface area contributed by atoms with Crippen molar-refractivity contribution >= 4 is 20.9 Å². The van der Waals surface area contributed by atoms with E-state index >= 15 is 0 Å². The second-order valence-corrected chi connectivity index (χ2v) is 10.0. The number of sulfonamides is 1. The van der Waals surface area contributed by atoms with Crippen molar-refractivity contribution in [2.45, 2.75) is 56.9 Å². The van der Waals surface area contributed by atoms with Gasteiger partial charge in [0.1, 0.15) is 11.6 Å². The number of benzene rings is 2. The zero-order chi connectivity index (χ0) is 24.0. The Labute approximate surface area is 196 Å². The Balaban J connectivity index is 2.11. The van der Waals surface area contributed by atoms with E-state index in [9.17, 15) is 13.2 Å². The number of fused-ring (bicyclic) bond motifs is 1. The number of aromatic nitrogens is 2. The fourth-order valence-corrected chi connectivity index (χ4v) is 5.77. The minimum absolute atomic E-state index is 0.179. The summed E-state index contributed by atoms with van der Waals surface area (Å²) in [5.41, 5.74) is 0.392. The van der Waals surface area contributed by atoms with Crippen LogP contribution in [0.1, 0.15) is 57.8 Å². The second kappa shape index (κ2) is 10.9. The molecule has 0 saturated heterocycles. The maximum Gasteiger partial charge on any atom is 0.261 e. The van der Waals surface area contributed by atoms with Crippen LogP contribution in [0.15, 0.2) is 58.2 Å². The summed E-state index contributed by atoms with van der Waals surface area (Å²) >= 11 is 0. The summed E-state index contributed by atoms with van der Waals surface area (Å²) < 4.78 is 35.8. The van der Waals surface area contributed by atoms with Gasteiger partial charge in [0.25, 0.3) is 5.56 Å². The predicted octanol–water partition coefficient (Wildman–Crippen LogP) is 4.66. The lowest BCUT2D eigenvalue weighted by Crippen LogP contribution is -2.39. The first-order chi connectivity index (χ1) is 15.8. The van der Waals surface area contributed by atoms with Crippen LogP contribution >= 0.6 is 0 Å². The summed E-state index contributed by atoms with van der Waals surface area (Å²) in [5.74, 6) is 1.04. The van der Waals surface area contributed by atoms with E-state index in [0.717, 1.165) is 25.7 Å². The van der Waals surface area contributed by atoms with E-state index < -0.39 is 16.1 Å². The highest BCUT2D eigenvalue weighted by atomic mass is 32.2. The third kappa shape index (κ3) is 5.28. The van der Waals surface area contributed by atoms with Crippen LogP contribution in [0.5, 0.6) is 5.75 Å². The Kier molecular flexibility index (Phi) is 8.26. The lowest BCUT2D eigenvalue weighted by atomic mass is 10.1. The molecule has 7 nitrogen and oxygen atoms in total. The number of rotatable bonds is 11. The predicted molar refractivity (Wildman–Crippen MR) is 131 cm³/mol. The van der Waals surface area contributed by atoms with E-state index in [4.69, 9.17) is 9.72 Å². The summed E-state index contributed by atoms with van der Waals surface area (Å²) in [6.45, 7) is 4.40. The molecule has 0 N–H and O–H groups in total. The summed E-state index contributed by atoms with van der Waals surface area (Å²) in [6, 6.07) is 13.0. The van der Waals surface area contributed by atoms with Crippen LogP contribution < -0.4 is 10.3 Å². The molecule has 0 saturated carbocycles. The highest BCUT2D eigenvalue weighted by Crippen LogP contribution is 2.31. The van der Waals surface area contributed by atoms with Crippen molar-refractivity contribution in [2.75, 3.05) is 13.7 Å². The van der Waals surface area contributed by atoms with Crippen molar-refractivity contribution in [1.82, 2.24) is 13.9 Å². The van der Waals surface area contributed by atoms with Crippen LogP contribution in [0, 0.1) is 0 Å². The van der Waals surface area contributed by atoms with Gasteiger partial charge >= 0.3 is 0 Å². The number of nitrogens with zero attached hydrogens (tertiary/aromatic N) is 3. The van der Waals surface area contributed by atoms with Crippen LogP contribution in [0.4, 0.5) is 0 Å². The van der Waals surface area contributed by atoms with Crippen LogP contribution in [0.25, 0.3) is 10.9 Å². The molecule has 0 bridgehead atoms. The van der Waals surface area contributed by atoms with Gasteiger partial charge < -0.3 is 4.74 Å². The number of hydrogen-bond acceptors (Lipinski definition) is 5. The van der Waals surface area contributed by atoms with E-state index in [1.54, 1.807) is 56.6 Å². The molecule has 1 unspecified atom stereocenters. The van der Waals surface area contributed by atoms with Gasteiger partial charge in [-0.1, -0.05) is 45.2 Å². The summed E-state index contributed by atoms with van der Waals surface area (Å²) in [7, 11) is -0.627. The van der Waals surface area contributed by atoms with Gasteiger partial charge in [-0.2, -0.15) is 4.31 Å². The molecule has 0 fully saturated rings. The Hall–Kier alpha value is -2.71. The molecule has 3 aromatic rings. The molecule has 3 rings (SSSR count). The van der Waals surface area contributed by atoms with Crippen molar-refractivity contribution < 1.29 is 13.2 Å². The number of para-hydroxylation sites is 1. The molecule has 1 aromatic heterocycles. The van der Waals surface area contributed by atoms with E-state index in [1.165, 1.54) is 8.87 Å². The van der Waals surface area contributed by atoms with Crippen molar-refractivity contribution in [2.24, 2.45) is 7.05 Å². The summed E-state index contributed by atoms with van der Waals surface area (Å²) in [4.78, 5) is 18.0. The highest BCUT2D eigenvalue weighted by Gasteiger charge is 2.33. The topological polar surface area (TPSA) is 81.5 Å². The lowest BCUT2D eigenvalue weighted by Gasteiger charge is -2.31. The Morgan fingerprint density at radius 3 is 2.36 bits per heavy atom. The summed E-state index contributed by atoms with van der Waals surface area (Å²) in [5, 5.41) is 0.520. The second-order valence-electron chi connectivity index (χ2n) is 8.13. The molecule has 178 valence electrons. The first-order valence-corrected chi connectivity index (χ1v) is 12.9. The monoisotopic (exact) mass is 471 g/mol. The van der Waals surface area contributed by atoms with E-state index in [-0.39, 0.29) is 10.5 Å². The largest absolute Gasteiger partial charge is 0.497 e. The molecule has 1 atom stereocenters. The molecule has 0 aliphatic carbocycles. The maximum atomic E-state index is 13.8. The van der Waals surface area contributed by atoms with Gasteiger partial charge in [0, 0.05) is 13.6 Å².